The van der Waals surface area contributed by atoms with Gasteiger partial charge in [0.1, 0.15) is 0 Å². The van der Waals surface area contributed by atoms with Gasteiger partial charge in [-0.05, 0) is 20.9 Å². The first kappa shape index (κ1) is 13.8. The maximum Gasteiger partial charge on any atom is 0.185 e. The number of aryl methyl sites for hydroxylation is 1. The van der Waals surface area contributed by atoms with Crippen molar-refractivity contribution < 1.29 is 8.42 Å². The van der Waals surface area contributed by atoms with Crippen LogP contribution < -0.4 is 10.2 Å². The first-order chi connectivity index (χ1) is 8.43. The summed E-state index contributed by atoms with van der Waals surface area (Å²) in [5.41, 5.74) is 1.03. The number of hydrogen-bond donors (Lipinski definition) is 1. The zero-order chi connectivity index (χ0) is 13.3. The molecule has 0 spiro atoms. The first-order valence-corrected chi connectivity index (χ1v) is 8.66. The predicted molar refractivity (Wildman–Crippen MR) is 75.2 cm³/mol. The number of anilines is 1. The molecular weight excluding hydrogens is 270 g/mol. The average Bonchev–Trinajstić information content (AvgIpc) is 2.70. The van der Waals surface area contributed by atoms with Crippen LogP contribution in [-0.2, 0) is 9.84 Å². The Morgan fingerprint density at radius 3 is 2.56 bits per heavy atom. The summed E-state index contributed by atoms with van der Waals surface area (Å²) < 4.78 is 22.8. The number of nitrogens with zero attached hydrogens (tertiary/aromatic N) is 2. The second-order valence-electron chi connectivity index (χ2n) is 4.60. The van der Waals surface area contributed by atoms with Crippen molar-refractivity contribution in [2.24, 2.45) is 0 Å². The van der Waals surface area contributed by atoms with Crippen molar-refractivity contribution in [3.63, 3.8) is 0 Å². The maximum absolute atomic E-state index is 11.4. The Labute approximate surface area is 112 Å². The molecule has 1 saturated heterocycles. The van der Waals surface area contributed by atoms with Gasteiger partial charge in [-0.15, -0.1) is 11.3 Å². The molecule has 5 nitrogen and oxygen atoms in total. The van der Waals surface area contributed by atoms with Crippen LogP contribution in [0.2, 0.25) is 0 Å². The van der Waals surface area contributed by atoms with E-state index in [9.17, 15) is 8.42 Å². The third-order valence-electron chi connectivity index (χ3n) is 3.26. The zero-order valence-electron chi connectivity index (χ0n) is 10.9. The van der Waals surface area contributed by atoms with E-state index in [0.29, 0.717) is 13.1 Å². The summed E-state index contributed by atoms with van der Waals surface area (Å²) in [6, 6.07) is 0.282. The van der Waals surface area contributed by atoms with Gasteiger partial charge in [0.25, 0.3) is 0 Å². The van der Waals surface area contributed by atoms with Crippen molar-refractivity contribution in [3.05, 3.63) is 10.6 Å². The van der Waals surface area contributed by atoms with Gasteiger partial charge in [0.15, 0.2) is 15.0 Å². The van der Waals surface area contributed by atoms with E-state index >= 15 is 0 Å². The Kier molecular flexibility index (Phi) is 3.93. The Morgan fingerprint density at radius 1 is 1.39 bits per heavy atom. The fourth-order valence-corrected chi connectivity index (χ4v) is 4.35. The summed E-state index contributed by atoms with van der Waals surface area (Å²) in [5.74, 6) is 0.477. The van der Waals surface area contributed by atoms with Gasteiger partial charge < -0.3 is 10.2 Å². The van der Waals surface area contributed by atoms with Gasteiger partial charge in [-0.2, -0.15) is 0 Å². The van der Waals surface area contributed by atoms with Crippen molar-refractivity contribution in [1.82, 2.24) is 10.3 Å². The molecule has 0 amide bonds. The van der Waals surface area contributed by atoms with Gasteiger partial charge in [-0.3, -0.25) is 0 Å². The predicted octanol–water partition coefficient (Wildman–Crippen LogP) is 0.967. The molecule has 1 atom stereocenters. The smallest absolute Gasteiger partial charge is 0.185 e. The fraction of sp³-hybridized carbons (Fsp3) is 0.727. The van der Waals surface area contributed by atoms with Crippen molar-refractivity contribution in [2.45, 2.75) is 19.9 Å². The zero-order valence-corrected chi connectivity index (χ0v) is 12.6. The minimum atomic E-state index is -2.83. The summed E-state index contributed by atoms with van der Waals surface area (Å²) in [6.07, 6.45) is 0. The largest absolute Gasteiger partial charge is 0.346 e. The third kappa shape index (κ3) is 2.84. The Morgan fingerprint density at radius 2 is 2.00 bits per heavy atom. The van der Waals surface area contributed by atoms with Crippen LogP contribution in [0.1, 0.15) is 23.5 Å². The molecule has 2 heterocycles. The molecule has 18 heavy (non-hydrogen) atoms. The topological polar surface area (TPSA) is 62.3 Å². The highest BCUT2D eigenvalue weighted by atomic mass is 32.2. The molecular formula is C11H19N3O2S2. The molecule has 0 bridgehead atoms. The van der Waals surface area contributed by atoms with Gasteiger partial charge >= 0.3 is 0 Å². The second-order valence-corrected chi connectivity index (χ2v) is 7.91. The van der Waals surface area contributed by atoms with Crippen molar-refractivity contribution >= 4 is 26.3 Å². The van der Waals surface area contributed by atoms with Crippen LogP contribution in [0.25, 0.3) is 0 Å². The van der Waals surface area contributed by atoms with E-state index in [2.05, 4.69) is 22.1 Å². The summed E-state index contributed by atoms with van der Waals surface area (Å²) in [6.45, 7) is 5.22. The standard InChI is InChI=1S/C11H19N3O2S2/c1-8(12-3)10-9(2)13-11(17-10)14-4-6-18(15,16)7-5-14/h8,12H,4-7H2,1-3H3. The lowest BCUT2D eigenvalue weighted by Crippen LogP contribution is -2.40. The first-order valence-electron chi connectivity index (χ1n) is 6.03. The lowest BCUT2D eigenvalue weighted by molar-refractivity contribution is 0.586. The van der Waals surface area contributed by atoms with Crippen LogP contribution in [0.5, 0.6) is 0 Å². The Balaban J connectivity index is 2.15. The van der Waals surface area contributed by atoms with Gasteiger partial charge in [0, 0.05) is 24.0 Å². The molecule has 1 aliphatic heterocycles. The summed E-state index contributed by atoms with van der Waals surface area (Å²) in [5, 5.41) is 4.15. The van der Waals surface area contributed by atoms with Crippen LogP contribution >= 0.6 is 11.3 Å². The molecule has 1 aromatic rings. The molecule has 0 aliphatic carbocycles. The maximum atomic E-state index is 11.4. The molecule has 1 aromatic heterocycles. The minimum Gasteiger partial charge on any atom is -0.346 e. The quantitative estimate of drug-likeness (QED) is 0.898. The number of hydrogen-bond acceptors (Lipinski definition) is 6. The number of aromatic nitrogens is 1. The highest BCUT2D eigenvalue weighted by Gasteiger charge is 2.24. The average molecular weight is 289 g/mol. The second kappa shape index (κ2) is 5.14. The number of thiazole rings is 1. The lowest BCUT2D eigenvalue weighted by Gasteiger charge is -2.26. The van der Waals surface area contributed by atoms with E-state index in [0.717, 1.165) is 10.8 Å². The van der Waals surface area contributed by atoms with E-state index in [1.807, 2.05) is 14.0 Å². The minimum absolute atomic E-state index is 0.239. The van der Waals surface area contributed by atoms with Crippen LogP contribution in [0.4, 0.5) is 5.13 Å². The summed E-state index contributed by atoms with van der Waals surface area (Å²) in [7, 11) is -0.898. The van der Waals surface area contributed by atoms with Gasteiger partial charge in [0.05, 0.1) is 17.2 Å². The van der Waals surface area contributed by atoms with Crippen LogP contribution in [0.15, 0.2) is 0 Å². The normalized spacial score (nSPS) is 20.9. The van der Waals surface area contributed by atoms with Crippen molar-refractivity contribution in [3.8, 4) is 0 Å². The SMILES string of the molecule is CNC(C)c1sc(N2CCS(=O)(=O)CC2)nc1C. The van der Waals surface area contributed by atoms with E-state index in [1.165, 1.54) is 4.88 Å². The summed E-state index contributed by atoms with van der Waals surface area (Å²) in [4.78, 5) is 7.86. The molecule has 2 rings (SSSR count). The van der Waals surface area contributed by atoms with E-state index in [-0.39, 0.29) is 17.5 Å². The van der Waals surface area contributed by atoms with Crippen molar-refractivity contribution in [2.75, 3.05) is 36.5 Å². The molecule has 1 fully saturated rings. The molecule has 1 N–H and O–H groups in total. The van der Waals surface area contributed by atoms with Crippen LogP contribution in [-0.4, -0.2) is 45.0 Å². The number of rotatable bonds is 3. The number of sulfone groups is 1. The van der Waals surface area contributed by atoms with Gasteiger partial charge in [-0.25, -0.2) is 13.4 Å². The van der Waals surface area contributed by atoms with Gasteiger partial charge in [0.2, 0.25) is 0 Å². The third-order valence-corrected chi connectivity index (χ3v) is 6.27. The van der Waals surface area contributed by atoms with Crippen molar-refractivity contribution in [1.29, 1.82) is 0 Å². The van der Waals surface area contributed by atoms with Crippen LogP contribution in [0.3, 0.4) is 0 Å². The molecule has 0 radical (unpaired) electrons. The summed E-state index contributed by atoms with van der Waals surface area (Å²) >= 11 is 1.66. The van der Waals surface area contributed by atoms with E-state index in [4.69, 9.17) is 0 Å². The van der Waals surface area contributed by atoms with E-state index < -0.39 is 9.84 Å². The highest BCUT2D eigenvalue weighted by molar-refractivity contribution is 7.91. The molecule has 0 saturated carbocycles. The van der Waals surface area contributed by atoms with Gasteiger partial charge in [-0.1, -0.05) is 0 Å². The molecule has 102 valence electrons. The molecule has 7 heteroatoms. The van der Waals surface area contributed by atoms with Crippen LogP contribution in [0, 0.1) is 6.92 Å². The molecule has 0 aromatic carbocycles. The Bertz CT molecular complexity index is 510. The Hall–Kier alpha value is -0.660. The monoisotopic (exact) mass is 289 g/mol. The lowest BCUT2D eigenvalue weighted by atomic mass is 10.2. The highest BCUT2D eigenvalue weighted by Crippen LogP contribution is 2.31. The fourth-order valence-electron chi connectivity index (χ4n) is 1.97. The van der Waals surface area contributed by atoms with E-state index in [1.54, 1.807) is 11.3 Å². The molecule has 1 unspecified atom stereocenters. The number of nitrogens with one attached hydrogen (secondary N) is 1. The molecule has 1 aliphatic rings.